The number of rotatable bonds is 7. The zero-order chi connectivity index (χ0) is 14.1. The summed E-state index contributed by atoms with van der Waals surface area (Å²) in [4.78, 5) is 13.2. The quantitative estimate of drug-likeness (QED) is 0.752. The van der Waals surface area contributed by atoms with Crippen molar-refractivity contribution in [2.75, 3.05) is 27.3 Å². The summed E-state index contributed by atoms with van der Waals surface area (Å²) in [5, 5.41) is 8.45. The number of hydrogen-bond donors (Lipinski definition) is 0. The van der Waals surface area contributed by atoms with Crippen molar-refractivity contribution in [3.8, 4) is 17.6 Å². The van der Waals surface area contributed by atoms with Crippen LogP contribution in [0.1, 0.15) is 12.8 Å². The maximum Gasteiger partial charge on any atom is 0.225 e. The van der Waals surface area contributed by atoms with Gasteiger partial charge in [-0.3, -0.25) is 4.79 Å². The number of para-hydroxylation sites is 2. The highest BCUT2D eigenvalue weighted by Gasteiger charge is 2.09. The third-order valence-electron chi connectivity index (χ3n) is 2.63. The number of amides is 1. The van der Waals surface area contributed by atoms with Crippen molar-refractivity contribution in [2.24, 2.45) is 0 Å². The van der Waals surface area contributed by atoms with Gasteiger partial charge in [0, 0.05) is 13.6 Å². The summed E-state index contributed by atoms with van der Waals surface area (Å²) in [6.07, 6.45) is 0.621. The number of nitrogens with zero attached hydrogens (tertiary/aromatic N) is 2. The SMILES string of the molecule is COc1ccccc1OCCC(=O)N(C)CCC#N. The van der Waals surface area contributed by atoms with Gasteiger partial charge < -0.3 is 14.4 Å². The lowest BCUT2D eigenvalue weighted by molar-refractivity contribution is -0.130. The Labute approximate surface area is 113 Å². The number of carbonyl (C=O) groups is 1. The topological polar surface area (TPSA) is 62.6 Å². The smallest absolute Gasteiger partial charge is 0.225 e. The van der Waals surface area contributed by atoms with Gasteiger partial charge in [-0.1, -0.05) is 12.1 Å². The monoisotopic (exact) mass is 262 g/mol. The van der Waals surface area contributed by atoms with Crippen LogP contribution in [0.2, 0.25) is 0 Å². The Morgan fingerprint density at radius 3 is 2.68 bits per heavy atom. The van der Waals surface area contributed by atoms with Gasteiger partial charge in [0.1, 0.15) is 0 Å². The minimum Gasteiger partial charge on any atom is -0.493 e. The number of nitriles is 1. The molecule has 5 heteroatoms. The molecule has 0 aliphatic rings. The minimum atomic E-state index is -0.0369. The Bertz CT molecular complexity index is 454. The van der Waals surface area contributed by atoms with Gasteiger partial charge in [-0.05, 0) is 12.1 Å². The van der Waals surface area contributed by atoms with E-state index >= 15 is 0 Å². The molecule has 1 aromatic carbocycles. The molecule has 102 valence electrons. The third kappa shape index (κ3) is 4.88. The lowest BCUT2D eigenvalue weighted by Gasteiger charge is -2.16. The van der Waals surface area contributed by atoms with Crippen molar-refractivity contribution in [1.82, 2.24) is 4.90 Å². The highest BCUT2D eigenvalue weighted by Crippen LogP contribution is 2.25. The Kier molecular flexibility index (Phi) is 6.23. The molecule has 5 nitrogen and oxygen atoms in total. The Hall–Kier alpha value is -2.22. The molecule has 0 saturated heterocycles. The highest BCUT2D eigenvalue weighted by molar-refractivity contribution is 5.76. The van der Waals surface area contributed by atoms with E-state index in [-0.39, 0.29) is 18.9 Å². The first-order valence-electron chi connectivity index (χ1n) is 6.05. The number of benzene rings is 1. The summed E-state index contributed by atoms with van der Waals surface area (Å²) >= 11 is 0. The summed E-state index contributed by atoms with van der Waals surface area (Å²) in [6.45, 7) is 0.736. The standard InChI is InChI=1S/C14H18N2O3/c1-16(10-5-9-15)14(17)8-11-19-13-7-4-3-6-12(13)18-2/h3-4,6-7H,5,8,10-11H2,1-2H3. The average Bonchev–Trinajstić information content (AvgIpc) is 2.45. The molecule has 19 heavy (non-hydrogen) atoms. The zero-order valence-electron chi connectivity index (χ0n) is 11.3. The van der Waals surface area contributed by atoms with Crippen molar-refractivity contribution in [1.29, 1.82) is 5.26 Å². The first-order chi connectivity index (χ1) is 9.19. The maximum absolute atomic E-state index is 11.7. The first-order valence-corrected chi connectivity index (χ1v) is 6.05. The van der Waals surface area contributed by atoms with Crippen LogP contribution in [0.25, 0.3) is 0 Å². The number of carbonyl (C=O) groups excluding carboxylic acids is 1. The fraction of sp³-hybridized carbons (Fsp3) is 0.429. The van der Waals surface area contributed by atoms with Gasteiger partial charge in [-0.15, -0.1) is 0 Å². The van der Waals surface area contributed by atoms with E-state index in [1.165, 1.54) is 4.90 Å². The second-order valence-corrected chi connectivity index (χ2v) is 3.97. The molecule has 1 rings (SSSR count). The fourth-order valence-corrected chi connectivity index (χ4v) is 1.52. The van der Waals surface area contributed by atoms with Gasteiger partial charge in [-0.25, -0.2) is 0 Å². The van der Waals surface area contributed by atoms with Crippen LogP contribution in [0, 0.1) is 11.3 Å². The van der Waals surface area contributed by atoms with Gasteiger partial charge >= 0.3 is 0 Å². The molecule has 0 unspecified atom stereocenters. The van der Waals surface area contributed by atoms with Gasteiger partial charge in [0.15, 0.2) is 11.5 Å². The second-order valence-electron chi connectivity index (χ2n) is 3.97. The molecule has 0 radical (unpaired) electrons. The van der Waals surface area contributed by atoms with Gasteiger partial charge in [0.2, 0.25) is 5.91 Å². The third-order valence-corrected chi connectivity index (χ3v) is 2.63. The molecule has 0 atom stereocenters. The lowest BCUT2D eigenvalue weighted by atomic mass is 10.3. The summed E-state index contributed by atoms with van der Waals surface area (Å²) in [7, 11) is 3.26. The van der Waals surface area contributed by atoms with Gasteiger partial charge in [0.05, 0.1) is 32.6 Å². The van der Waals surface area contributed by atoms with Crippen LogP contribution in [-0.2, 0) is 4.79 Å². The van der Waals surface area contributed by atoms with Crippen molar-refractivity contribution >= 4 is 5.91 Å². The zero-order valence-corrected chi connectivity index (χ0v) is 11.3. The van der Waals surface area contributed by atoms with Gasteiger partial charge in [-0.2, -0.15) is 5.26 Å². The molecular weight excluding hydrogens is 244 g/mol. The molecule has 1 amide bonds. The molecule has 0 N–H and O–H groups in total. The predicted octanol–water partition coefficient (Wildman–Crippen LogP) is 1.84. The molecule has 0 bridgehead atoms. The lowest BCUT2D eigenvalue weighted by Crippen LogP contribution is -2.28. The Morgan fingerprint density at radius 1 is 1.37 bits per heavy atom. The van der Waals surface area contributed by atoms with Crippen molar-refractivity contribution in [3.63, 3.8) is 0 Å². The van der Waals surface area contributed by atoms with Crippen LogP contribution in [0.5, 0.6) is 11.5 Å². The fourth-order valence-electron chi connectivity index (χ4n) is 1.52. The Balaban J connectivity index is 2.38. The summed E-state index contributed by atoms with van der Waals surface area (Å²) in [6, 6.07) is 9.30. The molecule has 0 aliphatic heterocycles. The van der Waals surface area contributed by atoms with Crippen LogP contribution in [0.4, 0.5) is 0 Å². The van der Waals surface area contributed by atoms with Crippen LogP contribution in [0.3, 0.4) is 0 Å². The predicted molar refractivity (Wildman–Crippen MR) is 71.0 cm³/mol. The number of hydrogen-bond acceptors (Lipinski definition) is 4. The Morgan fingerprint density at radius 2 is 2.05 bits per heavy atom. The van der Waals surface area contributed by atoms with Crippen LogP contribution < -0.4 is 9.47 Å². The van der Waals surface area contributed by atoms with Crippen molar-refractivity contribution < 1.29 is 14.3 Å². The van der Waals surface area contributed by atoms with E-state index in [0.717, 1.165) is 0 Å². The van der Waals surface area contributed by atoms with Crippen LogP contribution in [-0.4, -0.2) is 38.1 Å². The second kappa shape index (κ2) is 7.98. The summed E-state index contributed by atoms with van der Waals surface area (Å²) in [5.74, 6) is 1.23. The van der Waals surface area contributed by atoms with Gasteiger partial charge in [0.25, 0.3) is 0 Å². The molecule has 0 heterocycles. The molecular formula is C14H18N2O3. The summed E-state index contributed by atoms with van der Waals surface area (Å²) in [5.41, 5.74) is 0. The molecule has 1 aromatic rings. The van der Waals surface area contributed by atoms with E-state index in [1.54, 1.807) is 26.3 Å². The molecule has 0 aromatic heterocycles. The average molecular weight is 262 g/mol. The van der Waals surface area contributed by atoms with E-state index in [9.17, 15) is 4.79 Å². The van der Waals surface area contributed by atoms with E-state index < -0.39 is 0 Å². The van der Waals surface area contributed by atoms with Crippen molar-refractivity contribution in [2.45, 2.75) is 12.8 Å². The van der Waals surface area contributed by atoms with Crippen LogP contribution in [0.15, 0.2) is 24.3 Å². The van der Waals surface area contributed by atoms with E-state index in [0.29, 0.717) is 24.5 Å². The number of ether oxygens (including phenoxy) is 2. The van der Waals surface area contributed by atoms with E-state index in [2.05, 4.69) is 0 Å². The highest BCUT2D eigenvalue weighted by atomic mass is 16.5. The minimum absolute atomic E-state index is 0.0369. The van der Waals surface area contributed by atoms with Crippen LogP contribution >= 0.6 is 0 Å². The normalized spacial score (nSPS) is 9.53. The maximum atomic E-state index is 11.7. The van der Waals surface area contributed by atoms with Crippen molar-refractivity contribution in [3.05, 3.63) is 24.3 Å². The first kappa shape index (κ1) is 14.8. The molecule has 0 spiro atoms. The molecule has 0 saturated carbocycles. The van der Waals surface area contributed by atoms with E-state index in [4.69, 9.17) is 14.7 Å². The summed E-state index contributed by atoms with van der Waals surface area (Å²) < 4.78 is 10.7. The van der Waals surface area contributed by atoms with E-state index in [1.807, 2.05) is 18.2 Å². The molecule has 0 fully saturated rings. The largest absolute Gasteiger partial charge is 0.493 e. The molecule has 0 aliphatic carbocycles. The number of methoxy groups -OCH3 is 1.